The lowest BCUT2D eigenvalue weighted by Crippen LogP contribution is -2.42. The van der Waals surface area contributed by atoms with Crippen molar-refractivity contribution in [1.82, 2.24) is 10.6 Å². The zero-order valence-electron chi connectivity index (χ0n) is 14.9. The van der Waals surface area contributed by atoms with Crippen LogP contribution in [0.5, 0.6) is 11.5 Å². The number of urea groups is 1. The molecular weight excluding hydrogens is 328 g/mol. The number of ether oxygens (including phenoxy) is 3. The van der Waals surface area contributed by atoms with Crippen LogP contribution in [0.15, 0.2) is 18.2 Å². The van der Waals surface area contributed by atoms with Gasteiger partial charge < -0.3 is 19.5 Å². The first-order chi connectivity index (χ1) is 11.9. The molecule has 0 unspecified atom stereocenters. The molecule has 0 spiro atoms. The van der Waals surface area contributed by atoms with Gasteiger partial charge in [0.1, 0.15) is 5.56 Å². The largest absolute Gasteiger partial charge is 0.493 e. The Labute approximate surface area is 146 Å². The first-order valence-corrected chi connectivity index (χ1v) is 7.84. The predicted molar refractivity (Wildman–Crippen MR) is 90.8 cm³/mol. The monoisotopic (exact) mass is 352 g/mol. The van der Waals surface area contributed by atoms with Crippen LogP contribution in [0.25, 0.3) is 0 Å². The third kappa shape index (κ3) is 6.70. The highest BCUT2D eigenvalue weighted by atomic mass is 16.5. The summed E-state index contributed by atoms with van der Waals surface area (Å²) in [5.41, 5.74) is 0.121. The normalized spacial score (nSPS) is 10.1. The van der Waals surface area contributed by atoms with Gasteiger partial charge >= 0.3 is 12.0 Å². The Kier molecular flexibility index (Phi) is 8.25. The molecule has 0 radical (unpaired) electrons. The van der Waals surface area contributed by atoms with Gasteiger partial charge in [0, 0.05) is 6.54 Å². The van der Waals surface area contributed by atoms with Crippen LogP contribution in [0.3, 0.4) is 0 Å². The molecule has 8 heteroatoms. The van der Waals surface area contributed by atoms with Crippen LogP contribution in [0.1, 0.15) is 30.6 Å². The topological polar surface area (TPSA) is 103 Å². The maximum absolute atomic E-state index is 12.1. The molecule has 0 atom stereocenters. The molecule has 1 aromatic rings. The quantitative estimate of drug-likeness (QED) is 0.691. The number of benzene rings is 1. The minimum Gasteiger partial charge on any atom is -0.493 e. The van der Waals surface area contributed by atoms with E-state index in [2.05, 4.69) is 10.6 Å². The molecule has 0 fully saturated rings. The van der Waals surface area contributed by atoms with E-state index in [0.29, 0.717) is 18.2 Å². The van der Waals surface area contributed by atoms with Gasteiger partial charge in [-0.1, -0.05) is 19.9 Å². The van der Waals surface area contributed by atoms with E-state index in [-0.39, 0.29) is 11.3 Å². The number of carbonyl (C=O) groups excluding carboxylic acids is 3. The summed E-state index contributed by atoms with van der Waals surface area (Å²) in [4.78, 5) is 35.3. The van der Waals surface area contributed by atoms with Gasteiger partial charge in [-0.05, 0) is 24.5 Å². The zero-order chi connectivity index (χ0) is 18.8. The van der Waals surface area contributed by atoms with E-state index < -0.39 is 24.5 Å². The fraction of sp³-hybridized carbons (Fsp3) is 0.471. The van der Waals surface area contributed by atoms with E-state index in [1.54, 1.807) is 12.1 Å². The van der Waals surface area contributed by atoms with Crippen molar-refractivity contribution in [1.29, 1.82) is 0 Å². The molecule has 0 bridgehead atoms. The van der Waals surface area contributed by atoms with Crippen molar-refractivity contribution >= 4 is 17.9 Å². The smallest absolute Gasteiger partial charge is 0.342 e. The molecule has 0 aliphatic carbocycles. The maximum atomic E-state index is 12.1. The SMILES string of the molecule is COc1cccc(C(=O)OCC(=O)NC(=O)NCCC(C)C)c1OC. The Morgan fingerprint density at radius 1 is 1.12 bits per heavy atom. The van der Waals surface area contributed by atoms with Crippen LogP contribution >= 0.6 is 0 Å². The number of hydrogen-bond acceptors (Lipinski definition) is 6. The van der Waals surface area contributed by atoms with Crippen molar-refractivity contribution in [2.24, 2.45) is 5.92 Å². The number of amides is 3. The van der Waals surface area contributed by atoms with Gasteiger partial charge in [0.15, 0.2) is 18.1 Å². The highest BCUT2D eigenvalue weighted by Gasteiger charge is 2.19. The van der Waals surface area contributed by atoms with Gasteiger partial charge in [-0.25, -0.2) is 9.59 Å². The second kappa shape index (κ2) is 10.2. The molecule has 25 heavy (non-hydrogen) atoms. The molecule has 8 nitrogen and oxygen atoms in total. The molecule has 3 amide bonds. The Hall–Kier alpha value is -2.77. The van der Waals surface area contributed by atoms with E-state index in [9.17, 15) is 14.4 Å². The lowest BCUT2D eigenvalue weighted by Gasteiger charge is -2.12. The van der Waals surface area contributed by atoms with Crippen molar-refractivity contribution in [3.05, 3.63) is 23.8 Å². The number of methoxy groups -OCH3 is 2. The van der Waals surface area contributed by atoms with Crippen LogP contribution in [0.2, 0.25) is 0 Å². The summed E-state index contributed by atoms with van der Waals surface area (Å²) in [5.74, 6) is -0.467. The fourth-order valence-electron chi connectivity index (χ4n) is 1.94. The first kappa shape index (κ1) is 20.3. The summed E-state index contributed by atoms with van der Waals surface area (Å²) < 4.78 is 15.1. The molecule has 1 aromatic carbocycles. The second-order valence-electron chi connectivity index (χ2n) is 5.60. The highest BCUT2D eigenvalue weighted by molar-refractivity contribution is 5.98. The van der Waals surface area contributed by atoms with Gasteiger partial charge in [0.05, 0.1) is 14.2 Å². The van der Waals surface area contributed by atoms with Crippen molar-refractivity contribution in [2.45, 2.75) is 20.3 Å². The molecule has 0 heterocycles. The zero-order valence-corrected chi connectivity index (χ0v) is 14.9. The molecule has 0 aliphatic heterocycles. The summed E-state index contributed by atoms with van der Waals surface area (Å²) in [5, 5.41) is 4.64. The van der Waals surface area contributed by atoms with E-state index in [1.807, 2.05) is 13.8 Å². The maximum Gasteiger partial charge on any atom is 0.342 e. The van der Waals surface area contributed by atoms with Crippen molar-refractivity contribution in [2.75, 3.05) is 27.4 Å². The number of imide groups is 1. The number of carbonyl (C=O) groups is 3. The molecule has 0 aromatic heterocycles. The number of rotatable bonds is 8. The van der Waals surface area contributed by atoms with E-state index >= 15 is 0 Å². The van der Waals surface area contributed by atoms with Crippen LogP contribution in [0, 0.1) is 5.92 Å². The summed E-state index contributed by atoms with van der Waals surface area (Å²) in [6, 6.07) is 4.09. The molecule has 2 N–H and O–H groups in total. The first-order valence-electron chi connectivity index (χ1n) is 7.84. The third-order valence-electron chi connectivity index (χ3n) is 3.22. The number of hydrogen-bond donors (Lipinski definition) is 2. The number of nitrogens with one attached hydrogen (secondary N) is 2. The average Bonchev–Trinajstić information content (AvgIpc) is 2.58. The summed E-state index contributed by atoms with van der Waals surface area (Å²) in [6.45, 7) is 3.92. The lowest BCUT2D eigenvalue weighted by molar-refractivity contribution is -0.123. The van der Waals surface area contributed by atoms with Crippen LogP contribution < -0.4 is 20.1 Å². The Bertz CT molecular complexity index is 615. The molecule has 0 saturated heterocycles. The lowest BCUT2D eigenvalue weighted by atomic mass is 10.1. The molecule has 0 aliphatic rings. The minimum atomic E-state index is -0.758. The second-order valence-corrected chi connectivity index (χ2v) is 5.60. The van der Waals surface area contributed by atoms with Crippen LogP contribution in [0.4, 0.5) is 4.79 Å². The minimum absolute atomic E-state index is 0.121. The molecule has 1 rings (SSSR count). The third-order valence-corrected chi connectivity index (χ3v) is 3.22. The van der Waals surface area contributed by atoms with Crippen molar-refractivity contribution in [3.8, 4) is 11.5 Å². The Morgan fingerprint density at radius 2 is 1.84 bits per heavy atom. The predicted octanol–water partition coefficient (Wildman–Crippen LogP) is 1.73. The van der Waals surface area contributed by atoms with Gasteiger partial charge in [-0.2, -0.15) is 0 Å². The van der Waals surface area contributed by atoms with E-state index in [4.69, 9.17) is 14.2 Å². The van der Waals surface area contributed by atoms with Crippen LogP contribution in [-0.2, 0) is 9.53 Å². The van der Waals surface area contributed by atoms with Crippen LogP contribution in [-0.4, -0.2) is 45.3 Å². The number of esters is 1. The van der Waals surface area contributed by atoms with Crippen molar-refractivity contribution in [3.63, 3.8) is 0 Å². The van der Waals surface area contributed by atoms with Crippen molar-refractivity contribution < 1.29 is 28.6 Å². The molecule has 138 valence electrons. The summed E-state index contributed by atoms with van der Waals surface area (Å²) >= 11 is 0. The number of para-hydroxylation sites is 1. The van der Waals surface area contributed by atoms with E-state index in [0.717, 1.165) is 6.42 Å². The van der Waals surface area contributed by atoms with E-state index in [1.165, 1.54) is 20.3 Å². The molecular formula is C17H24N2O6. The summed E-state index contributed by atoms with van der Waals surface area (Å²) in [6.07, 6.45) is 0.798. The molecule has 0 saturated carbocycles. The van der Waals surface area contributed by atoms with Gasteiger partial charge in [-0.15, -0.1) is 0 Å². The van der Waals surface area contributed by atoms with Gasteiger partial charge in [0.25, 0.3) is 5.91 Å². The fourth-order valence-corrected chi connectivity index (χ4v) is 1.94. The highest BCUT2D eigenvalue weighted by Crippen LogP contribution is 2.30. The summed E-state index contributed by atoms with van der Waals surface area (Å²) in [7, 11) is 2.83. The standard InChI is InChI=1S/C17H24N2O6/c1-11(2)8-9-18-17(22)19-14(20)10-25-16(21)12-6-5-7-13(23-3)15(12)24-4/h5-7,11H,8-10H2,1-4H3,(H2,18,19,20,22). The van der Waals surface area contributed by atoms with Gasteiger partial charge in [0.2, 0.25) is 0 Å². The Morgan fingerprint density at radius 3 is 2.44 bits per heavy atom. The Balaban J connectivity index is 2.51. The van der Waals surface area contributed by atoms with Gasteiger partial charge in [-0.3, -0.25) is 10.1 Å². The average molecular weight is 352 g/mol.